The summed E-state index contributed by atoms with van der Waals surface area (Å²) in [7, 11) is 1.59. The minimum Gasteiger partial charge on any atom is -0.497 e. The lowest BCUT2D eigenvalue weighted by Gasteiger charge is -2.18. The van der Waals surface area contributed by atoms with Gasteiger partial charge in [-0.1, -0.05) is 18.6 Å². The molecular formula is C16H23NO4. The van der Waals surface area contributed by atoms with Gasteiger partial charge in [-0.15, -0.1) is 0 Å². The van der Waals surface area contributed by atoms with Crippen molar-refractivity contribution < 1.29 is 19.7 Å². The Balaban J connectivity index is 1.81. The Bertz CT molecular complexity index is 477. The van der Waals surface area contributed by atoms with Gasteiger partial charge in [0.15, 0.2) is 0 Å². The highest BCUT2D eigenvalue weighted by molar-refractivity contribution is 5.70. The van der Waals surface area contributed by atoms with E-state index in [4.69, 9.17) is 9.84 Å². The van der Waals surface area contributed by atoms with Gasteiger partial charge >= 0.3 is 5.97 Å². The van der Waals surface area contributed by atoms with E-state index in [1.54, 1.807) is 7.11 Å². The first-order chi connectivity index (χ1) is 10.1. The molecule has 1 aliphatic carbocycles. The predicted octanol–water partition coefficient (Wildman–Crippen LogP) is 1.82. The molecule has 0 spiro atoms. The highest BCUT2D eigenvalue weighted by atomic mass is 16.5. The Morgan fingerprint density at radius 2 is 2.29 bits per heavy atom. The van der Waals surface area contributed by atoms with Crippen LogP contribution < -0.4 is 10.1 Å². The van der Waals surface area contributed by atoms with Gasteiger partial charge in [0, 0.05) is 6.54 Å². The molecule has 1 aromatic rings. The summed E-state index contributed by atoms with van der Waals surface area (Å²) in [5.74, 6) is -0.0626. The van der Waals surface area contributed by atoms with Gasteiger partial charge in [0.2, 0.25) is 0 Å². The Kier molecular flexibility index (Phi) is 5.59. The first kappa shape index (κ1) is 15.8. The second-order valence-corrected chi connectivity index (χ2v) is 5.59. The van der Waals surface area contributed by atoms with Crippen LogP contribution in [0.1, 0.15) is 30.9 Å². The lowest BCUT2D eigenvalue weighted by atomic mass is 9.96. The number of hydrogen-bond acceptors (Lipinski definition) is 4. The first-order valence-electron chi connectivity index (χ1n) is 7.37. The van der Waals surface area contributed by atoms with Crippen molar-refractivity contribution in [3.8, 4) is 5.75 Å². The minimum atomic E-state index is -0.701. The van der Waals surface area contributed by atoms with Crippen molar-refractivity contribution in [3.63, 3.8) is 0 Å². The van der Waals surface area contributed by atoms with Gasteiger partial charge in [-0.3, -0.25) is 4.79 Å². The molecule has 1 saturated carbocycles. The quantitative estimate of drug-likeness (QED) is 0.714. The van der Waals surface area contributed by atoms with E-state index in [1.165, 1.54) is 0 Å². The number of hydrogen-bond donors (Lipinski definition) is 3. The fourth-order valence-corrected chi connectivity index (χ4v) is 2.98. The molecule has 0 amide bonds. The van der Waals surface area contributed by atoms with Crippen LogP contribution in [0.3, 0.4) is 0 Å². The number of carboxylic acids is 1. The minimum absolute atomic E-state index is 0.167. The molecule has 2 rings (SSSR count). The molecule has 0 aliphatic heterocycles. The van der Waals surface area contributed by atoms with Gasteiger partial charge < -0.3 is 20.3 Å². The highest BCUT2D eigenvalue weighted by Crippen LogP contribution is 2.31. The van der Waals surface area contributed by atoms with Crippen LogP contribution in [0.4, 0.5) is 0 Å². The van der Waals surface area contributed by atoms with Crippen molar-refractivity contribution in [2.45, 2.75) is 25.4 Å². The molecule has 1 aliphatic rings. The van der Waals surface area contributed by atoms with Crippen LogP contribution >= 0.6 is 0 Å². The molecule has 1 aromatic carbocycles. The van der Waals surface area contributed by atoms with Gasteiger partial charge in [-0.05, 0) is 43.0 Å². The summed E-state index contributed by atoms with van der Waals surface area (Å²) in [4.78, 5) is 11.1. The normalized spacial score (nSPS) is 23.0. The second kappa shape index (κ2) is 7.43. The maximum Gasteiger partial charge on any atom is 0.306 e. The van der Waals surface area contributed by atoms with Crippen LogP contribution in [0, 0.1) is 11.8 Å². The van der Waals surface area contributed by atoms with Crippen molar-refractivity contribution in [1.82, 2.24) is 5.32 Å². The van der Waals surface area contributed by atoms with E-state index in [9.17, 15) is 9.90 Å². The third kappa shape index (κ3) is 4.19. The van der Waals surface area contributed by atoms with Crippen molar-refractivity contribution in [2.75, 3.05) is 20.2 Å². The first-order valence-corrected chi connectivity index (χ1v) is 7.37. The Morgan fingerprint density at radius 3 is 3.00 bits per heavy atom. The van der Waals surface area contributed by atoms with Crippen molar-refractivity contribution in [2.24, 2.45) is 11.8 Å². The van der Waals surface area contributed by atoms with E-state index in [-0.39, 0.29) is 11.8 Å². The molecule has 0 aromatic heterocycles. The lowest BCUT2D eigenvalue weighted by molar-refractivity contribution is -0.142. The molecule has 5 heteroatoms. The second-order valence-electron chi connectivity index (χ2n) is 5.59. The molecule has 0 saturated heterocycles. The van der Waals surface area contributed by atoms with E-state index < -0.39 is 12.1 Å². The van der Waals surface area contributed by atoms with Gasteiger partial charge in [-0.25, -0.2) is 0 Å². The average molecular weight is 293 g/mol. The monoisotopic (exact) mass is 293 g/mol. The summed E-state index contributed by atoms with van der Waals surface area (Å²) in [5, 5.41) is 22.5. The molecular weight excluding hydrogens is 270 g/mol. The molecule has 0 radical (unpaired) electrons. The van der Waals surface area contributed by atoms with Gasteiger partial charge in [-0.2, -0.15) is 0 Å². The summed E-state index contributed by atoms with van der Waals surface area (Å²) in [6, 6.07) is 7.33. The van der Waals surface area contributed by atoms with Crippen LogP contribution in [0.15, 0.2) is 24.3 Å². The fraction of sp³-hybridized carbons (Fsp3) is 0.562. The summed E-state index contributed by atoms with van der Waals surface area (Å²) in [6.07, 6.45) is 2.06. The number of carboxylic acid groups (broad SMARTS) is 1. The molecule has 3 unspecified atom stereocenters. The fourth-order valence-electron chi connectivity index (χ4n) is 2.98. The van der Waals surface area contributed by atoms with E-state index in [0.29, 0.717) is 18.8 Å². The SMILES string of the molecule is COc1cccc(C(O)CNCC2CCCC2C(=O)O)c1. The summed E-state index contributed by atoms with van der Waals surface area (Å²) < 4.78 is 5.13. The van der Waals surface area contributed by atoms with Crippen LogP contribution in [0.5, 0.6) is 5.75 Å². The van der Waals surface area contributed by atoms with Gasteiger partial charge in [0.25, 0.3) is 0 Å². The maximum absolute atomic E-state index is 11.1. The topological polar surface area (TPSA) is 78.8 Å². The Morgan fingerprint density at radius 1 is 1.48 bits per heavy atom. The van der Waals surface area contributed by atoms with Gasteiger partial charge in [0.05, 0.1) is 19.1 Å². The molecule has 3 atom stereocenters. The summed E-state index contributed by atoms with van der Waals surface area (Å²) >= 11 is 0. The van der Waals surface area contributed by atoms with Crippen molar-refractivity contribution >= 4 is 5.97 Å². The third-order valence-corrected chi connectivity index (χ3v) is 4.20. The van der Waals surface area contributed by atoms with E-state index in [0.717, 1.165) is 24.8 Å². The van der Waals surface area contributed by atoms with Crippen molar-refractivity contribution in [1.29, 1.82) is 0 Å². The van der Waals surface area contributed by atoms with Gasteiger partial charge in [0.1, 0.15) is 5.75 Å². The summed E-state index contributed by atoms with van der Waals surface area (Å²) in [5.41, 5.74) is 0.794. The third-order valence-electron chi connectivity index (χ3n) is 4.20. The number of aliphatic hydroxyl groups is 1. The number of ether oxygens (including phenoxy) is 1. The molecule has 21 heavy (non-hydrogen) atoms. The molecule has 116 valence electrons. The number of rotatable bonds is 7. The zero-order valence-electron chi connectivity index (χ0n) is 12.3. The zero-order chi connectivity index (χ0) is 15.2. The van der Waals surface area contributed by atoms with E-state index >= 15 is 0 Å². The average Bonchev–Trinajstić information content (AvgIpc) is 2.96. The lowest BCUT2D eigenvalue weighted by Crippen LogP contribution is -2.31. The standard InChI is InChI=1S/C16H23NO4/c1-21-13-6-2-4-11(8-13)15(18)10-17-9-12-5-3-7-14(12)16(19)20/h2,4,6,8,12,14-15,17-18H,3,5,7,9-10H2,1H3,(H,19,20). The van der Waals surface area contributed by atoms with Crippen molar-refractivity contribution in [3.05, 3.63) is 29.8 Å². The predicted molar refractivity (Wildman–Crippen MR) is 79.3 cm³/mol. The largest absolute Gasteiger partial charge is 0.497 e. The Hall–Kier alpha value is -1.59. The van der Waals surface area contributed by atoms with E-state index in [1.807, 2.05) is 24.3 Å². The Labute approximate surface area is 124 Å². The molecule has 3 N–H and O–H groups in total. The van der Waals surface area contributed by atoms with E-state index in [2.05, 4.69) is 5.32 Å². The number of carbonyl (C=O) groups is 1. The highest BCUT2D eigenvalue weighted by Gasteiger charge is 2.32. The maximum atomic E-state index is 11.1. The zero-order valence-corrected chi connectivity index (χ0v) is 12.3. The number of benzene rings is 1. The molecule has 0 heterocycles. The smallest absolute Gasteiger partial charge is 0.306 e. The molecule has 1 fully saturated rings. The number of aliphatic carboxylic acids is 1. The van der Waals surface area contributed by atoms with Crippen LogP contribution in [0.25, 0.3) is 0 Å². The van der Waals surface area contributed by atoms with Crippen LogP contribution in [0.2, 0.25) is 0 Å². The number of aliphatic hydroxyl groups excluding tert-OH is 1. The van der Waals surface area contributed by atoms with Crippen LogP contribution in [-0.2, 0) is 4.79 Å². The molecule has 0 bridgehead atoms. The summed E-state index contributed by atoms with van der Waals surface area (Å²) in [6.45, 7) is 1.05. The molecule has 5 nitrogen and oxygen atoms in total. The van der Waals surface area contributed by atoms with Crippen LogP contribution in [-0.4, -0.2) is 36.4 Å². The number of nitrogens with one attached hydrogen (secondary N) is 1. The number of methoxy groups -OCH3 is 1.